The van der Waals surface area contributed by atoms with E-state index in [1.807, 2.05) is 35.9 Å². The zero-order chi connectivity index (χ0) is 15.2. The van der Waals surface area contributed by atoms with Gasteiger partial charge in [-0.3, -0.25) is 0 Å². The van der Waals surface area contributed by atoms with Crippen LogP contribution in [0.4, 0.5) is 0 Å². The van der Waals surface area contributed by atoms with E-state index < -0.39 is 0 Å². The zero-order valence-electron chi connectivity index (χ0n) is 12.8. The molecule has 0 spiro atoms. The van der Waals surface area contributed by atoms with Crippen molar-refractivity contribution in [2.45, 2.75) is 26.8 Å². The topological polar surface area (TPSA) is 39.1 Å². The monoisotopic (exact) mass is 307 g/mol. The van der Waals surface area contributed by atoms with Gasteiger partial charge in [-0.05, 0) is 51.1 Å². The Morgan fingerprint density at radius 3 is 2.62 bits per heavy atom. The molecule has 0 aliphatic rings. The molecule has 0 bridgehead atoms. The van der Waals surface area contributed by atoms with Crippen LogP contribution in [0, 0.1) is 13.8 Å². The third kappa shape index (κ3) is 4.06. The highest BCUT2D eigenvalue weighted by atomic mass is 35.5. The minimum Gasteiger partial charge on any atom is -0.385 e. The Balaban J connectivity index is 2.08. The summed E-state index contributed by atoms with van der Waals surface area (Å²) < 4.78 is 7.02. The minimum absolute atomic E-state index is 0.736. The van der Waals surface area contributed by atoms with Gasteiger partial charge in [-0.1, -0.05) is 11.6 Å². The van der Waals surface area contributed by atoms with E-state index in [1.54, 1.807) is 7.11 Å². The van der Waals surface area contributed by atoms with E-state index in [2.05, 4.69) is 17.3 Å². The van der Waals surface area contributed by atoms with Crippen LogP contribution in [0.15, 0.2) is 24.3 Å². The summed E-state index contributed by atoms with van der Waals surface area (Å²) in [5.41, 5.74) is 4.50. The van der Waals surface area contributed by atoms with Crippen molar-refractivity contribution in [3.8, 4) is 5.69 Å². The van der Waals surface area contributed by atoms with Gasteiger partial charge < -0.3 is 10.1 Å². The fourth-order valence-corrected chi connectivity index (χ4v) is 2.45. The molecule has 5 heteroatoms. The molecular weight excluding hydrogens is 286 g/mol. The van der Waals surface area contributed by atoms with E-state index in [-0.39, 0.29) is 0 Å². The first-order chi connectivity index (χ1) is 10.1. The number of benzene rings is 1. The van der Waals surface area contributed by atoms with Gasteiger partial charge in [0.1, 0.15) is 0 Å². The number of nitrogens with zero attached hydrogens (tertiary/aromatic N) is 2. The lowest BCUT2D eigenvalue weighted by Gasteiger charge is -2.07. The van der Waals surface area contributed by atoms with Crippen LogP contribution in [-0.4, -0.2) is 30.0 Å². The molecule has 0 radical (unpaired) electrons. The SMILES string of the molecule is COCCCNCc1c(C)nn(-c2ccc(Cl)cc2)c1C. The molecule has 2 aromatic rings. The summed E-state index contributed by atoms with van der Waals surface area (Å²) >= 11 is 5.94. The lowest BCUT2D eigenvalue weighted by atomic mass is 10.2. The van der Waals surface area contributed by atoms with Gasteiger partial charge in [0.25, 0.3) is 0 Å². The molecule has 0 aliphatic carbocycles. The Bertz CT molecular complexity index is 578. The number of aryl methyl sites for hydroxylation is 1. The number of hydrogen-bond acceptors (Lipinski definition) is 3. The summed E-state index contributed by atoms with van der Waals surface area (Å²) in [6, 6.07) is 7.74. The summed E-state index contributed by atoms with van der Waals surface area (Å²) in [6.45, 7) is 6.70. The van der Waals surface area contributed by atoms with Crippen LogP contribution in [-0.2, 0) is 11.3 Å². The van der Waals surface area contributed by atoms with Crippen molar-refractivity contribution in [2.24, 2.45) is 0 Å². The van der Waals surface area contributed by atoms with E-state index in [0.29, 0.717) is 0 Å². The lowest BCUT2D eigenvalue weighted by Crippen LogP contribution is -2.17. The van der Waals surface area contributed by atoms with Crippen molar-refractivity contribution in [1.29, 1.82) is 0 Å². The zero-order valence-corrected chi connectivity index (χ0v) is 13.6. The standard InChI is InChI=1S/C16H22ClN3O/c1-12-16(11-18-9-4-10-21-3)13(2)20(19-12)15-7-5-14(17)6-8-15/h5-8,18H,4,9-11H2,1-3H3. The molecule has 114 valence electrons. The molecule has 0 amide bonds. The molecule has 0 atom stereocenters. The summed E-state index contributed by atoms with van der Waals surface area (Å²) in [4.78, 5) is 0. The minimum atomic E-state index is 0.736. The molecule has 1 heterocycles. The Morgan fingerprint density at radius 2 is 1.95 bits per heavy atom. The fourth-order valence-electron chi connectivity index (χ4n) is 2.32. The first-order valence-corrected chi connectivity index (χ1v) is 7.52. The van der Waals surface area contributed by atoms with E-state index in [9.17, 15) is 0 Å². The van der Waals surface area contributed by atoms with Crippen molar-refractivity contribution in [1.82, 2.24) is 15.1 Å². The maximum atomic E-state index is 5.94. The summed E-state index contributed by atoms with van der Waals surface area (Å²) in [5, 5.41) is 8.81. The average molecular weight is 308 g/mol. The second kappa shape index (κ2) is 7.59. The van der Waals surface area contributed by atoms with E-state index in [4.69, 9.17) is 16.3 Å². The molecule has 1 aromatic heterocycles. The molecule has 1 N–H and O–H groups in total. The Labute approximate surface area is 131 Å². The van der Waals surface area contributed by atoms with Crippen LogP contribution in [0.5, 0.6) is 0 Å². The van der Waals surface area contributed by atoms with Crippen molar-refractivity contribution < 1.29 is 4.74 Å². The maximum Gasteiger partial charge on any atom is 0.0649 e. The molecule has 21 heavy (non-hydrogen) atoms. The van der Waals surface area contributed by atoms with Crippen LogP contribution in [0.1, 0.15) is 23.4 Å². The molecule has 4 nitrogen and oxygen atoms in total. The number of ether oxygens (including phenoxy) is 1. The molecular formula is C16H22ClN3O. The van der Waals surface area contributed by atoms with Crippen LogP contribution >= 0.6 is 11.6 Å². The second-order valence-electron chi connectivity index (χ2n) is 5.06. The number of hydrogen-bond donors (Lipinski definition) is 1. The third-order valence-corrected chi connectivity index (χ3v) is 3.77. The average Bonchev–Trinajstić information content (AvgIpc) is 2.75. The van der Waals surface area contributed by atoms with Crippen molar-refractivity contribution >= 4 is 11.6 Å². The molecule has 0 aliphatic heterocycles. The number of methoxy groups -OCH3 is 1. The number of halogens is 1. The number of nitrogens with one attached hydrogen (secondary N) is 1. The molecule has 0 fully saturated rings. The van der Waals surface area contributed by atoms with Gasteiger partial charge in [0.15, 0.2) is 0 Å². The Kier molecular flexibility index (Phi) is 5.79. The quantitative estimate of drug-likeness (QED) is 0.798. The van der Waals surface area contributed by atoms with Gasteiger partial charge in [0, 0.05) is 36.5 Å². The summed E-state index contributed by atoms with van der Waals surface area (Å²) in [7, 11) is 1.73. The van der Waals surface area contributed by atoms with Crippen LogP contribution < -0.4 is 5.32 Å². The first-order valence-electron chi connectivity index (χ1n) is 7.14. The summed E-state index contributed by atoms with van der Waals surface area (Å²) in [5.74, 6) is 0. The summed E-state index contributed by atoms with van der Waals surface area (Å²) in [6.07, 6.45) is 1.01. The number of aromatic nitrogens is 2. The second-order valence-corrected chi connectivity index (χ2v) is 5.50. The van der Waals surface area contributed by atoms with Crippen LogP contribution in [0.25, 0.3) is 5.69 Å². The number of rotatable bonds is 7. The van der Waals surface area contributed by atoms with Crippen molar-refractivity contribution in [3.63, 3.8) is 0 Å². The fraction of sp³-hybridized carbons (Fsp3) is 0.438. The highest BCUT2D eigenvalue weighted by Crippen LogP contribution is 2.19. The highest BCUT2D eigenvalue weighted by molar-refractivity contribution is 6.30. The molecule has 1 aromatic carbocycles. The van der Waals surface area contributed by atoms with Crippen molar-refractivity contribution in [2.75, 3.05) is 20.3 Å². The van der Waals surface area contributed by atoms with E-state index >= 15 is 0 Å². The lowest BCUT2D eigenvalue weighted by molar-refractivity contribution is 0.194. The predicted octanol–water partition coefficient (Wildman–Crippen LogP) is 3.27. The van der Waals surface area contributed by atoms with Gasteiger partial charge in [0.05, 0.1) is 11.4 Å². The van der Waals surface area contributed by atoms with Gasteiger partial charge in [-0.25, -0.2) is 4.68 Å². The first kappa shape index (κ1) is 16.0. The largest absolute Gasteiger partial charge is 0.385 e. The molecule has 0 saturated carbocycles. The van der Waals surface area contributed by atoms with Gasteiger partial charge in [-0.2, -0.15) is 5.10 Å². The maximum absolute atomic E-state index is 5.94. The molecule has 0 unspecified atom stereocenters. The van der Waals surface area contributed by atoms with Crippen LogP contribution in [0.2, 0.25) is 5.02 Å². The predicted molar refractivity (Wildman–Crippen MR) is 86.2 cm³/mol. The Hall–Kier alpha value is -1.36. The van der Waals surface area contributed by atoms with E-state index in [1.165, 1.54) is 5.56 Å². The molecule has 2 rings (SSSR count). The van der Waals surface area contributed by atoms with Gasteiger partial charge in [0.2, 0.25) is 0 Å². The highest BCUT2D eigenvalue weighted by Gasteiger charge is 2.12. The smallest absolute Gasteiger partial charge is 0.0649 e. The Morgan fingerprint density at radius 1 is 1.24 bits per heavy atom. The van der Waals surface area contributed by atoms with Gasteiger partial charge in [-0.15, -0.1) is 0 Å². The van der Waals surface area contributed by atoms with Crippen LogP contribution in [0.3, 0.4) is 0 Å². The third-order valence-electron chi connectivity index (χ3n) is 3.52. The van der Waals surface area contributed by atoms with E-state index in [0.717, 1.165) is 48.2 Å². The van der Waals surface area contributed by atoms with Gasteiger partial charge >= 0.3 is 0 Å². The normalized spacial score (nSPS) is 11.0. The van der Waals surface area contributed by atoms with Crippen molar-refractivity contribution in [3.05, 3.63) is 46.2 Å². The molecule has 0 saturated heterocycles.